The number of carbonyl (C=O) groups excluding carboxylic acids is 1. The van der Waals surface area contributed by atoms with Crippen LogP contribution in [-0.2, 0) is 4.79 Å². The van der Waals surface area contributed by atoms with E-state index in [9.17, 15) is 4.79 Å². The van der Waals surface area contributed by atoms with Gasteiger partial charge in [-0.25, -0.2) is 0 Å². The monoisotopic (exact) mass is 190 g/mol. The quantitative estimate of drug-likeness (QED) is 0.650. The lowest BCUT2D eigenvalue weighted by atomic mass is 10.2. The van der Waals surface area contributed by atoms with Gasteiger partial charge >= 0.3 is 0 Å². The van der Waals surface area contributed by atoms with Crippen molar-refractivity contribution >= 4 is 17.9 Å². The van der Waals surface area contributed by atoms with Gasteiger partial charge in [0.25, 0.3) is 0 Å². The van der Waals surface area contributed by atoms with E-state index in [1.807, 2.05) is 0 Å². The molecule has 2 rings (SSSR count). The van der Waals surface area contributed by atoms with Gasteiger partial charge < -0.3 is 9.47 Å². The minimum Gasteiger partial charge on any atom is -0.493 e. The number of methoxy groups -OCH3 is 2. The summed E-state index contributed by atoms with van der Waals surface area (Å²) in [4.78, 5) is 11.1. The Kier molecular flexibility index (Phi) is 2.00. The van der Waals surface area contributed by atoms with E-state index in [1.165, 1.54) is 0 Å². The van der Waals surface area contributed by atoms with Crippen molar-refractivity contribution in [3.05, 3.63) is 22.6 Å². The van der Waals surface area contributed by atoms with Crippen LogP contribution in [0, 0.1) is 0 Å². The van der Waals surface area contributed by atoms with Crippen molar-refractivity contribution in [2.45, 2.75) is 0 Å². The van der Waals surface area contributed by atoms with Crippen LogP contribution in [0.15, 0.2) is 12.1 Å². The zero-order chi connectivity index (χ0) is 10.1. The molecule has 1 aliphatic carbocycles. The maximum Gasteiger partial charge on any atom is 0.179 e. The van der Waals surface area contributed by atoms with Crippen molar-refractivity contribution < 1.29 is 14.3 Å². The molecule has 0 saturated carbocycles. The highest BCUT2D eigenvalue weighted by Gasteiger charge is 2.07. The molecule has 0 aromatic heterocycles. The lowest BCUT2D eigenvalue weighted by molar-refractivity contribution is -0.107. The number of benzene rings is 1. The van der Waals surface area contributed by atoms with Gasteiger partial charge in [-0.05, 0) is 34.7 Å². The molecular formula is C11H10O3. The molecule has 72 valence electrons. The van der Waals surface area contributed by atoms with E-state index in [0.29, 0.717) is 11.5 Å². The van der Waals surface area contributed by atoms with Crippen molar-refractivity contribution in [2.75, 3.05) is 14.2 Å². The Morgan fingerprint density at radius 2 is 1.36 bits per heavy atom. The SMILES string of the molecule is COc1cc2c(cc1OC)=CC(=O)C=2. The molecule has 3 nitrogen and oxygen atoms in total. The molecule has 0 saturated heterocycles. The van der Waals surface area contributed by atoms with E-state index in [4.69, 9.17) is 9.47 Å². The lowest BCUT2D eigenvalue weighted by Gasteiger charge is -2.05. The summed E-state index contributed by atoms with van der Waals surface area (Å²) in [6, 6.07) is 3.60. The van der Waals surface area contributed by atoms with Gasteiger partial charge in [-0.1, -0.05) is 0 Å². The number of hydrogen-bond donors (Lipinski definition) is 0. The van der Waals surface area contributed by atoms with Crippen LogP contribution in [0.5, 0.6) is 11.5 Å². The summed E-state index contributed by atoms with van der Waals surface area (Å²) in [5.74, 6) is 1.30. The van der Waals surface area contributed by atoms with Gasteiger partial charge in [0, 0.05) is 0 Å². The largest absolute Gasteiger partial charge is 0.493 e. The summed E-state index contributed by atoms with van der Waals surface area (Å²) in [7, 11) is 3.15. The third-order valence-corrected chi connectivity index (χ3v) is 2.18. The third-order valence-electron chi connectivity index (χ3n) is 2.18. The predicted octanol–water partition coefficient (Wildman–Crippen LogP) is -0.153. The van der Waals surface area contributed by atoms with Crippen LogP contribution in [0.3, 0.4) is 0 Å². The Labute approximate surface area is 81.3 Å². The number of fused-ring (bicyclic) bond motifs is 1. The first-order valence-electron chi connectivity index (χ1n) is 4.24. The molecule has 0 fully saturated rings. The molecular weight excluding hydrogens is 180 g/mol. The highest BCUT2D eigenvalue weighted by Crippen LogP contribution is 2.22. The van der Waals surface area contributed by atoms with Gasteiger partial charge in [0.05, 0.1) is 14.2 Å². The first-order valence-corrected chi connectivity index (χ1v) is 4.24. The zero-order valence-corrected chi connectivity index (χ0v) is 8.03. The van der Waals surface area contributed by atoms with Crippen LogP contribution in [-0.4, -0.2) is 20.0 Å². The molecule has 14 heavy (non-hydrogen) atoms. The van der Waals surface area contributed by atoms with Gasteiger partial charge in [0.2, 0.25) is 0 Å². The van der Waals surface area contributed by atoms with Gasteiger partial charge in [0.15, 0.2) is 17.3 Å². The fourth-order valence-electron chi connectivity index (χ4n) is 1.51. The van der Waals surface area contributed by atoms with Gasteiger partial charge in [0.1, 0.15) is 0 Å². The summed E-state index contributed by atoms with van der Waals surface area (Å²) < 4.78 is 10.3. The van der Waals surface area contributed by atoms with Gasteiger partial charge in [-0.2, -0.15) is 0 Å². The summed E-state index contributed by atoms with van der Waals surface area (Å²) >= 11 is 0. The molecule has 0 radical (unpaired) electrons. The van der Waals surface area contributed by atoms with E-state index in [-0.39, 0.29) is 5.78 Å². The molecule has 1 aliphatic rings. The molecule has 0 amide bonds. The maximum atomic E-state index is 11.1. The van der Waals surface area contributed by atoms with E-state index in [1.54, 1.807) is 38.5 Å². The van der Waals surface area contributed by atoms with Crippen LogP contribution in [0.1, 0.15) is 0 Å². The topological polar surface area (TPSA) is 35.5 Å². The van der Waals surface area contributed by atoms with E-state index in [0.717, 1.165) is 10.4 Å². The fraction of sp³-hybridized carbons (Fsp3) is 0.182. The Morgan fingerprint density at radius 1 is 0.929 bits per heavy atom. The zero-order valence-electron chi connectivity index (χ0n) is 8.03. The van der Waals surface area contributed by atoms with Gasteiger partial charge in [-0.3, -0.25) is 4.79 Å². The molecule has 0 heterocycles. The Morgan fingerprint density at radius 3 is 1.71 bits per heavy atom. The third kappa shape index (κ3) is 1.27. The smallest absolute Gasteiger partial charge is 0.179 e. The molecule has 0 bridgehead atoms. The van der Waals surface area contributed by atoms with Crippen LogP contribution in [0.4, 0.5) is 0 Å². The predicted molar refractivity (Wildman–Crippen MR) is 52.7 cm³/mol. The molecule has 0 N–H and O–H groups in total. The number of hydrogen-bond acceptors (Lipinski definition) is 3. The van der Waals surface area contributed by atoms with Crippen molar-refractivity contribution in [3.8, 4) is 11.5 Å². The lowest BCUT2D eigenvalue weighted by Crippen LogP contribution is -2.21. The molecule has 3 heteroatoms. The van der Waals surface area contributed by atoms with Crippen molar-refractivity contribution in [1.82, 2.24) is 0 Å². The molecule has 0 aliphatic heterocycles. The minimum atomic E-state index is 0.00954. The maximum absolute atomic E-state index is 11.1. The Hall–Kier alpha value is -1.77. The second-order valence-electron chi connectivity index (χ2n) is 3.03. The van der Waals surface area contributed by atoms with Crippen LogP contribution < -0.4 is 19.9 Å². The van der Waals surface area contributed by atoms with Crippen molar-refractivity contribution in [1.29, 1.82) is 0 Å². The number of ketones is 1. The molecule has 0 unspecified atom stereocenters. The summed E-state index contributed by atoms with van der Waals surface area (Å²) in [5, 5.41) is 1.76. The second-order valence-corrected chi connectivity index (χ2v) is 3.03. The number of carbonyl (C=O) groups is 1. The first-order chi connectivity index (χ1) is 6.74. The molecule has 0 spiro atoms. The standard InChI is InChI=1S/C11H10O3/c1-13-10-5-7-3-9(12)4-8(7)6-11(10)14-2/h3-6H,1-2H3. The summed E-state index contributed by atoms with van der Waals surface area (Å²) in [6.45, 7) is 0. The minimum absolute atomic E-state index is 0.00954. The second kappa shape index (κ2) is 3.18. The number of Topliss-reactive ketones (excluding diaryl/α,β-unsaturated/α-hetero) is 1. The molecule has 1 aromatic carbocycles. The van der Waals surface area contributed by atoms with Crippen LogP contribution in [0.2, 0.25) is 0 Å². The number of ether oxygens (including phenoxy) is 2. The normalized spacial score (nSPS) is 12.9. The Bertz CT molecular complexity index is 455. The van der Waals surface area contributed by atoms with E-state index < -0.39 is 0 Å². The Balaban J connectivity index is 2.72. The highest BCUT2D eigenvalue weighted by molar-refractivity contribution is 6.26. The molecule has 0 atom stereocenters. The van der Waals surface area contributed by atoms with E-state index >= 15 is 0 Å². The van der Waals surface area contributed by atoms with Crippen LogP contribution >= 0.6 is 0 Å². The van der Waals surface area contributed by atoms with E-state index in [2.05, 4.69) is 0 Å². The summed E-state index contributed by atoms with van der Waals surface area (Å²) in [6.07, 6.45) is 3.16. The first kappa shape index (κ1) is 8.81. The van der Waals surface area contributed by atoms with Crippen LogP contribution in [0.25, 0.3) is 12.2 Å². The highest BCUT2D eigenvalue weighted by atomic mass is 16.5. The summed E-state index contributed by atoms with van der Waals surface area (Å²) in [5.41, 5.74) is 0. The van der Waals surface area contributed by atoms with Crippen molar-refractivity contribution in [2.24, 2.45) is 0 Å². The number of rotatable bonds is 2. The van der Waals surface area contributed by atoms with Gasteiger partial charge in [-0.15, -0.1) is 0 Å². The van der Waals surface area contributed by atoms with Crippen molar-refractivity contribution in [3.63, 3.8) is 0 Å². The fourth-order valence-corrected chi connectivity index (χ4v) is 1.51. The average Bonchev–Trinajstić information content (AvgIpc) is 2.54. The average molecular weight is 190 g/mol. The molecule has 1 aromatic rings.